The van der Waals surface area contributed by atoms with Crippen LogP contribution in [0.5, 0.6) is 0 Å². The van der Waals surface area contributed by atoms with Crippen molar-refractivity contribution in [3.8, 4) is 0 Å². The molecule has 0 aliphatic heterocycles. The zero-order chi connectivity index (χ0) is 15.3. The molecule has 2 aliphatic rings. The Morgan fingerprint density at radius 3 is 2.29 bits per heavy atom. The zero-order valence-electron chi connectivity index (χ0n) is 12.8. The minimum absolute atomic E-state index is 0.0640. The highest BCUT2D eigenvalue weighted by molar-refractivity contribution is 5.99. The van der Waals surface area contributed by atoms with Crippen molar-refractivity contribution in [2.45, 2.75) is 40.0 Å². The van der Waals surface area contributed by atoms with Crippen molar-refractivity contribution in [3.05, 3.63) is 30.3 Å². The third-order valence-electron chi connectivity index (χ3n) is 6.23. The Kier molecular flexibility index (Phi) is 2.91. The molecule has 1 aromatic rings. The molecule has 1 amide bonds. The number of amides is 1. The number of anilines is 1. The molecule has 0 radical (unpaired) electrons. The lowest BCUT2D eigenvalue weighted by Gasteiger charge is -2.38. The second kappa shape index (κ2) is 4.33. The van der Waals surface area contributed by atoms with Gasteiger partial charge in [0.25, 0.3) is 0 Å². The molecule has 3 rings (SSSR count). The Morgan fingerprint density at radius 1 is 1.10 bits per heavy atom. The Hall–Kier alpha value is -1.84. The third-order valence-corrected chi connectivity index (χ3v) is 6.23. The number of benzene rings is 1. The number of para-hydroxylation sites is 1. The summed E-state index contributed by atoms with van der Waals surface area (Å²) in [6, 6.07) is 9.51. The molecule has 2 saturated carbocycles. The summed E-state index contributed by atoms with van der Waals surface area (Å²) < 4.78 is 0. The van der Waals surface area contributed by atoms with Gasteiger partial charge in [0.2, 0.25) is 5.91 Å². The van der Waals surface area contributed by atoms with E-state index < -0.39 is 5.41 Å². The van der Waals surface area contributed by atoms with Gasteiger partial charge in [-0.15, -0.1) is 0 Å². The summed E-state index contributed by atoms with van der Waals surface area (Å²) in [6.45, 7) is 6.14. The fourth-order valence-corrected chi connectivity index (χ4v) is 4.13. The Balaban J connectivity index is 1.80. The molecule has 4 heteroatoms. The zero-order valence-corrected chi connectivity index (χ0v) is 12.8. The summed E-state index contributed by atoms with van der Waals surface area (Å²) in [5.74, 6) is 0.166. The van der Waals surface area contributed by atoms with Crippen LogP contribution in [0.2, 0.25) is 0 Å². The van der Waals surface area contributed by atoms with Gasteiger partial charge in [-0.1, -0.05) is 39.0 Å². The molecule has 2 atom stereocenters. The number of carbonyl (C=O) groups excluding carboxylic acids is 2. The number of rotatable bonds is 3. The molecule has 0 heterocycles. The molecule has 112 valence electrons. The van der Waals surface area contributed by atoms with Crippen LogP contribution in [0.25, 0.3) is 0 Å². The highest BCUT2D eigenvalue weighted by Gasteiger charge is 2.72. The number of hydrogen-bond acceptors (Lipinski definition) is 3. The van der Waals surface area contributed by atoms with Gasteiger partial charge in [-0.25, -0.2) is 0 Å². The van der Waals surface area contributed by atoms with Gasteiger partial charge in [-0.2, -0.15) is 0 Å². The van der Waals surface area contributed by atoms with E-state index in [9.17, 15) is 9.59 Å². The van der Waals surface area contributed by atoms with E-state index in [0.29, 0.717) is 6.42 Å². The molecule has 21 heavy (non-hydrogen) atoms. The van der Waals surface area contributed by atoms with Gasteiger partial charge >= 0.3 is 0 Å². The second-order valence-electron chi connectivity index (χ2n) is 7.08. The molecule has 2 aliphatic carbocycles. The number of ketones is 1. The first-order valence-electron chi connectivity index (χ1n) is 7.48. The molecule has 2 fully saturated rings. The van der Waals surface area contributed by atoms with Crippen LogP contribution in [0.1, 0.15) is 40.0 Å². The maximum atomic E-state index is 12.8. The van der Waals surface area contributed by atoms with Gasteiger partial charge in [0.15, 0.2) is 0 Å². The minimum atomic E-state index is -0.583. The topological polar surface area (TPSA) is 58.2 Å². The van der Waals surface area contributed by atoms with Crippen LogP contribution >= 0.6 is 0 Å². The third kappa shape index (κ3) is 1.68. The van der Waals surface area contributed by atoms with E-state index in [4.69, 9.17) is 0 Å². The first kappa shape index (κ1) is 14.1. The largest absolute Gasteiger partial charge is 0.299 e. The molecular formula is C17H22N2O2. The molecule has 2 N–H and O–H groups in total. The van der Waals surface area contributed by atoms with Gasteiger partial charge < -0.3 is 0 Å². The highest BCUT2D eigenvalue weighted by atomic mass is 16.2. The smallest absolute Gasteiger partial charge is 0.245 e. The summed E-state index contributed by atoms with van der Waals surface area (Å²) in [5, 5.41) is 0. The van der Waals surface area contributed by atoms with E-state index in [1.54, 1.807) is 0 Å². The van der Waals surface area contributed by atoms with Gasteiger partial charge in [-0.3, -0.25) is 20.4 Å². The standard InChI is InChI=1S/C17H22N2O2/c1-15(2)16(3)9-10-17(15,11-13(16)20)14(21)19-18-12-7-5-4-6-8-12/h4-8,18H,9-11H2,1-3H3,(H,19,21)/t16-,17-/m1/s1. The molecule has 1 aromatic carbocycles. The van der Waals surface area contributed by atoms with E-state index in [1.165, 1.54) is 0 Å². The predicted octanol–water partition coefficient (Wildman–Crippen LogP) is 2.92. The van der Waals surface area contributed by atoms with E-state index in [0.717, 1.165) is 18.5 Å². The van der Waals surface area contributed by atoms with Crippen molar-refractivity contribution in [3.63, 3.8) is 0 Å². The Bertz CT molecular complexity index is 596. The quantitative estimate of drug-likeness (QED) is 0.840. The average molecular weight is 286 g/mol. The predicted molar refractivity (Wildman–Crippen MR) is 81.4 cm³/mol. The van der Waals surface area contributed by atoms with Gasteiger partial charge in [0.05, 0.1) is 11.1 Å². The van der Waals surface area contributed by atoms with E-state index in [-0.39, 0.29) is 22.5 Å². The molecular weight excluding hydrogens is 264 g/mol. The van der Waals surface area contributed by atoms with Gasteiger partial charge in [-0.05, 0) is 30.4 Å². The summed E-state index contributed by atoms with van der Waals surface area (Å²) in [5.41, 5.74) is 5.35. The van der Waals surface area contributed by atoms with Crippen molar-refractivity contribution in [1.29, 1.82) is 0 Å². The van der Waals surface area contributed by atoms with E-state index in [2.05, 4.69) is 24.7 Å². The van der Waals surface area contributed by atoms with Crippen molar-refractivity contribution >= 4 is 17.4 Å². The number of Topliss-reactive ketones (excluding diaryl/α,β-unsaturated/α-hetero) is 1. The van der Waals surface area contributed by atoms with Gasteiger partial charge in [0.1, 0.15) is 5.78 Å². The molecule has 0 saturated heterocycles. The lowest BCUT2D eigenvalue weighted by molar-refractivity contribution is -0.136. The first-order chi connectivity index (χ1) is 9.83. The number of carbonyl (C=O) groups is 2. The van der Waals surface area contributed by atoms with Crippen LogP contribution < -0.4 is 10.9 Å². The maximum Gasteiger partial charge on any atom is 0.245 e. The van der Waals surface area contributed by atoms with Crippen LogP contribution in [-0.2, 0) is 9.59 Å². The molecule has 2 bridgehead atoms. The second-order valence-corrected chi connectivity index (χ2v) is 7.08. The monoisotopic (exact) mass is 286 g/mol. The van der Waals surface area contributed by atoms with Crippen LogP contribution in [0, 0.1) is 16.2 Å². The summed E-state index contributed by atoms with van der Waals surface area (Å²) in [7, 11) is 0. The van der Waals surface area contributed by atoms with Crippen molar-refractivity contribution in [2.75, 3.05) is 5.43 Å². The van der Waals surface area contributed by atoms with Crippen LogP contribution in [-0.4, -0.2) is 11.7 Å². The van der Waals surface area contributed by atoms with Crippen molar-refractivity contribution in [2.24, 2.45) is 16.2 Å². The number of fused-ring (bicyclic) bond motifs is 2. The number of hydrogen-bond donors (Lipinski definition) is 2. The normalized spacial score (nSPS) is 33.0. The molecule has 0 unspecified atom stereocenters. The lowest BCUT2D eigenvalue weighted by Crippen LogP contribution is -2.48. The Labute approximate surface area is 125 Å². The average Bonchev–Trinajstić information content (AvgIpc) is 2.76. The minimum Gasteiger partial charge on any atom is -0.299 e. The van der Waals surface area contributed by atoms with Crippen molar-refractivity contribution in [1.82, 2.24) is 5.43 Å². The fourth-order valence-electron chi connectivity index (χ4n) is 4.13. The SMILES string of the molecule is CC1(C)[C@]2(C(=O)NNc3ccccc3)CC[C@]1(C)C(=O)C2. The summed E-state index contributed by atoms with van der Waals surface area (Å²) >= 11 is 0. The number of nitrogens with one attached hydrogen (secondary N) is 2. The van der Waals surface area contributed by atoms with Crippen LogP contribution in [0.4, 0.5) is 5.69 Å². The fraction of sp³-hybridized carbons (Fsp3) is 0.529. The van der Waals surface area contributed by atoms with E-state index in [1.807, 2.05) is 37.3 Å². The van der Waals surface area contributed by atoms with Crippen LogP contribution in [0.3, 0.4) is 0 Å². The van der Waals surface area contributed by atoms with Crippen LogP contribution in [0.15, 0.2) is 30.3 Å². The van der Waals surface area contributed by atoms with Crippen molar-refractivity contribution < 1.29 is 9.59 Å². The molecule has 4 nitrogen and oxygen atoms in total. The molecule has 0 aromatic heterocycles. The Morgan fingerprint density at radius 2 is 1.76 bits per heavy atom. The van der Waals surface area contributed by atoms with E-state index >= 15 is 0 Å². The van der Waals surface area contributed by atoms with Gasteiger partial charge in [0, 0.05) is 11.8 Å². The lowest BCUT2D eigenvalue weighted by atomic mass is 9.64. The number of hydrazine groups is 1. The summed E-state index contributed by atoms with van der Waals surface area (Å²) in [4.78, 5) is 25.1. The summed E-state index contributed by atoms with van der Waals surface area (Å²) in [6.07, 6.45) is 1.95. The molecule has 0 spiro atoms. The maximum absolute atomic E-state index is 12.8. The highest BCUT2D eigenvalue weighted by Crippen LogP contribution is 2.70. The first-order valence-corrected chi connectivity index (χ1v) is 7.48.